The molecule has 134 valence electrons. The van der Waals surface area contributed by atoms with Crippen LogP contribution in [0, 0.1) is 0 Å². The van der Waals surface area contributed by atoms with Gasteiger partial charge in [0.05, 0.1) is 26.5 Å². The van der Waals surface area contributed by atoms with Crippen molar-refractivity contribution in [1.29, 1.82) is 0 Å². The second kappa shape index (κ2) is 6.59. The van der Waals surface area contributed by atoms with Gasteiger partial charge in [0, 0.05) is 6.07 Å². The molecule has 2 N–H and O–H groups in total. The van der Waals surface area contributed by atoms with Crippen molar-refractivity contribution in [3.63, 3.8) is 0 Å². The zero-order chi connectivity index (χ0) is 18.1. The highest BCUT2D eigenvalue weighted by Gasteiger charge is 2.27. The number of aromatic amines is 1. The van der Waals surface area contributed by atoms with Gasteiger partial charge in [-0.05, 0) is 48.2 Å². The number of furan rings is 1. The fourth-order valence-corrected chi connectivity index (χ4v) is 3.31. The van der Waals surface area contributed by atoms with Crippen molar-refractivity contribution in [2.45, 2.75) is 18.9 Å². The third kappa shape index (κ3) is 2.81. The smallest absolute Gasteiger partial charge is 0.272 e. The highest BCUT2D eigenvalue weighted by molar-refractivity contribution is 5.93. The van der Waals surface area contributed by atoms with Crippen molar-refractivity contribution in [3.05, 3.63) is 53.4 Å². The number of H-pyrrole nitrogens is 1. The molecule has 2 heterocycles. The Labute approximate surface area is 150 Å². The summed E-state index contributed by atoms with van der Waals surface area (Å²) in [6.45, 7) is 0. The summed E-state index contributed by atoms with van der Waals surface area (Å²) >= 11 is 0. The summed E-state index contributed by atoms with van der Waals surface area (Å²) in [5.41, 5.74) is 3.20. The van der Waals surface area contributed by atoms with E-state index in [2.05, 4.69) is 15.5 Å². The van der Waals surface area contributed by atoms with Gasteiger partial charge in [-0.2, -0.15) is 5.10 Å². The molecular weight excluding hydrogens is 334 g/mol. The van der Waals surface area contributed by atoms with Crippen molar-refractivity contribution in [3.8, 4) is 23.0 Å². The topological polar surface area (TPSA) is 89.4 Å². The maximum atomic E-state index is 12.6. The average molecular weight is 353 g/mol. The van der Waals surface area contributed by atoms with E-state index in [0.29, 0.717) is 28.6 Å². The average Bonchev–Trinajstić information content (AvgIpc) is 3.40. The van der Waals surface area contributed by atoms with Crippen LogP contribution in [-0.4, -0.2) is 30.3 Å². The van der Waals surface area contributed by atoms with Gasteiger partial charge in [0.25, 0.3) is 5.91 Å². The number of benzene rings is 1. The van der Waals surface area contributed by atoms with Crippen molar-refractivity contribution in [2.75, 3.05) is 14.2 Å². The molecule has 3 aromatic rings. The Hall–Kier alpha value is -3.22. The van der Waals surface area contributed by atoms with E-state index in [1.807, 2.05) is 18.2 Å². The lowest BCUT2D eigenvalue weighted by atomic mass is 10.1. The summed E-state index contributed by atoms with van der Waals surface area (Å²) in [6, 6.07) is 9.10. The number of fused-ring (bicyclic) bond motifs is 1. The molecule has 0 unspecified atom stereocenters. The van der Waals surface area contributed by atoms with E-state index < -0.39 is 0 Å². The molecule has 0 fully saturated rings. The van der Waals surface area contributed by atoms with Crippen LogP contribution in [0.15, 0.2) is 41.0 Å². The molecule has 1 atom stereocenters. The number of carbonyl (C=O) groups is 1. The first-order valence-electron chi connectivity index (χ1n) is 8.34. The molecule has 1 aromatic carbocycles. The van der Waals surface area contributed by atoms with Gasteiger partial charge in [-0.1, -0.05) is 0 Å². The number of nitrogens with one attached hydrogen (secondary N) is 2. The minimum atomic E-state index is -0.230. The quantitative estimate of drug-likeness (QED) is 0.736. The van der Waals surface area contributed by atoms with Gasteiger partial charge in [0.15, 0.2) is 23.0 Å². The summed E-state index contributed by atoms with van der Waals surface area (Å²) in [6.07, 6.45) is 3.28. The number of methoxy groups -OCH3 is 2. The molecule has 0 spiro atoms. The zero-order valence-corrected chi connectivity index (χ0v) is 14.5. The highest BCUT2D eigenvalue weighted by Crippen LogP contribution is 2.39. The van der Waals surface area contributed by atoms with Gasteiger partial charge in [0.1, 0.15) is 5.69 Å². The van der Waals surface area contributed by atoms with Gasteiger partial charge in [0.2, 0.25) is 0 Å². The number of aromatic nitrogens is 2. The molecule has 1 aliphatic carbocycles. The molecule has 1 amide bonds. The standard InChI is InChI=1S/C19H19N3O4/c1-24-17-8-11-5-6-13(12(11)9-18(17)25-2)20-19(23)15-10-14(21-22-15)16-4-3-7-26-16/h3-4,7-10,13H,5-6H2,1-2H3,(H,20,23)(H,21,22)/t13-/m1/s1. The van der Waals surface area contributed by atoms with E-state index in [1.165, 1.54) is 0 Å². The summed E-state index contributed by atoms with van der Waals surface area (Å²) in [7, 11) is 3.22. The van der Waals surface area contributed by atoms with Gasteiger partial charge in [-0.15, -0.1) is 0 Å². The molecular formula is C19H19N3O4. The summed E-state index contributed by atoms with van der Waals surface area (Å²) in [5, 5.41) is 9.97. The first-order valence-corrected chi connectivity index (χ1v) is 8.34. The molecule has 0 saturated carbocycles. The lowest BCUT2D eigenvalue weighted by Crippen LogP contribution is -2.27. The van der Waals surface area contributed by atoms with Crippen LogP contribution in [0.5, 0.6) is 11.5 Å². The Morgan fingerprint density at radius 1 is 1.27 bits per heavy atom. The van der Waals surface area contributed by atoms with E-state index in [9.17, 15) is 4.79 Å². The zero-order valence-electron chi connectivity index (χ0n) is 14.5. The Kier molecular flexibility index (Phi) is 4.12. The molecule has 1 aliphatic rings. The number of nitrogens with zero attached hydrogens (tertiary/aromatic N) is 1. The van der Waals surface area contributed by atoms with Crippen LogP contribution in [0.2, 0.25) is 0 Å². The lowest BCUT2D eigenvalue weighted by molar-refractivity contribution is 0.0931. The third-order valence-electron chi connectivity index (χ3n) is 4.63. The van der Waals surface area contributed by atoms with Crippen LogP contribution in [0.1, 0.15) is 34.1 Å². The van der Waals surface area contributed by atoms with Crippen LogP contribution in [0.4, 0.5) is 0 Å². The van der Waals surface area contributed by atoms with Crippen molar-refractivity contribution in [1.82, 2.24) is 15.5 Å². The molecule has 0 bridgehead atoms. The Morgan fingerprint density at radius 3 is 2.81 bits per heavy atom. The first kappa shape index (κ1) is 16.3. The monoisotopic (exact) mass is 353 g/mol. The fraction of sp³-hybridized carbons (Fsp3) is 0.263. The number of ether oxygens (including phenoxy) is 2. The van der Waals surface area contributed by atoms with Crippen molar-refractivity contribution >= 4 is 5.91 Å². The van der Waals surface area contributed by atoms with E-state index in [1.54, 1.807) is 32.6 Å². The van der Waals surface area contributed by atoms with Crippen LogP contribution in [0.25, 0.3) is 11.5 Å². The number of hydrogen-bond donors (Lipinski definition) is 2. The fourth-order valence-electron chi connectivity index (χ4n) is 3.31. The number of amides is 1. The SMILES string of the molecule is COc1cc2c(cc1OC)[C@H](NC(=O)c1cc(-c3ccco3)[nH]n1)CC2. The number of aryl methyl sites for hydroxylation is 1. The van der Waals surface area contributed by atoms with E-state index in [4.69, 9.17) is 13.9 Å². The molecule has 26 heavy (non-hydrogen) atoms. The second-order valence-corrected chi connectivity index (χ2v) is 6.11. The number of hydrogen-bond acceptors (Lipinski definition) is 5. The van der Waals surface area contributed by atoms with Gasteiger partial charge in [-0.25, -0.2) is 0 Å². The Balaban J connectivity index is 1.53. The molecule has 7 nitrogen and oxygen atoms in total. The number of rotatable bonds is 5. The lowest BCUT2D eigenvalue weighted by Gasteiger charge is -2.15. The summed E-state index contributed by atoms with van der Waals surface area (Å²) < 4.78 is 16.0. The largest absolute Gasteiger partial charge is 0.493 e. The molecule has 0 saturated heterocycles. The second-order valence-electron chi connectivity index (χ2n) is 6.11. The summed E-state index contributed by atoms with van der Waals surface area (Å²) in [4.78, 5) is 12.6. The predicted octanol–water partition coefficient (Wildman–Crippen LogP) is 3.10. The molecule has 2 aromatic heterocycles. The van der Waals surface area contributed by atoms with E-state index >= 15 is 0 Å². The predicted molar refractivity (Wildman–Crippen MR) is 94.4 cm³/mol. The molecule has 0 radical (unpaired) electrons. The maximum absolute atomic E-state index is 12.6. The van der Waals surface area contributed by atoms with Gasteiger partial charge in [-0.3, -0.25) is 9.89 Å². The minimum Gasteiger partial charge on any atom is -0.493 e. The van der Waals surface area contributed by atoms with Crippen LogP contribution < -0.4 is 14.8 Å². The maximum Gasteiger partial charge on any atom is 0.272 e. The molecule has 7 heteroatoms. The molecule has 0 aliphatic heterocycles. The van der Waals surface area contributed by atoms with Crippen LogP contribution in [-0.2, 0) is 6.42 Å². The van der Waals surface area contributed by atoms with Crippen molar-refractivity contribution in [2.24, 2.45) is 0 Å². The number of carbonyl (C=O) groups excluding carboxylic acids is 1. The normalized spacial score (nSPS) is 15.5. The molecule has 4 rings (SSSR count). The van der Waals surface area contributed by atoms with Crippen molar-refractivity contribution < 1.29 is 18.7 Å². The Morgan fingerprint density at radius 2 is 2.08 bits per heavy atom. The van der Waals surface area contributed by atoms with Gasteiger partial charge < -0.3 is 19.2 Å². The Bertz CT molecular complexity index is 930. The highest BCUT2D eigenvalue weighted by atomic mass is 16.5. The summed E-state index contributed by atoms with van der Waals surface area (Å²) in [5.74, 6) is 1.77. The van der Waals surface area contributed by atoms with Crippen LogP contribution in [0.3, 0.4) is 0 Å². The first-order chi connectivity index (χ1) is 12.7. The minimum absolute atomic E-state index is 0.0823. The van der Waals surface area contributed by atoms with Crippen LogP contribution >= 0.6 is 0 Å². The van der Waals surface area contributed by atoms with Gasteiger partial charge >= 0.3 is 0 Å². The third-order valence-corrected chi connectivity index (χ3v) is 4.63. The van der Waals surface area contributed by atoms with E-state index in [-0.39, 0.29) is 11.9 Å². The van der Waals surface area contributed by atoms with E-state index in [0.717, 1.165) is 24.0 Å².